The van der Waals surface area contributed by atoms with Crippen molar-refractivity contribution in [2.45, 2.75) is 11.3 Å². The number of imidazole rings is 1. The molecule has 0 fully saturated rings. The van der Waals surface area contributed by atoms with Crippen molar-refractivity contribution >= 4 is 33.4 Å². The zero-order chi connectivity index (χ0) is 15.6. The number of nitrogens with two attached hydrogens (primary N) is 1. The highest BCUT2D eigenvalue weighted by molar-refractivity contribution is 7.85. The van der Waals surface area contributed by atoms with Gasteiger partial charge in [-0.05, 0) is 18.2 Å². The van der Waals surface area contributed by atoms with Crippen LogP contribution in [-0.2, 0) is 15.6 Å². The van der Waals surface area contributed by atoms with Gasteiger partial charge in [-0.15, -0.1) is 0 Å². The molecule has 114 valence electrons. The number of carbonyl (C=O) groups is 1. The number of nitrogens with zero attached hydrogens (tertiary/aromatic N) is 1. The summed E-state index contributed by atoms with van der Waals surface area (Å²) in [5, 5.41) is 1.66. The number of fused-ring (bicyclic) bond motifs is 1. The second-order valence-corrected chi connectivity index (χ2v) is 5.57. The minimum Gasteiger partial charge on any atom is -0.399 e. The first-order valence-corrected chi connectivity index (χ1v) is 7.03. The fourth-order valence-electron chi connectivity index (χ4n) is 1.55. The number of amides is 1. The summed E-state index contributed by atoms with van der Waals surface area (Å²) in [5.41, 5.74) is 7.09. The van der Waals surface area contributed by atoms with Crippen LogP contribution in [0.25, 0.3) is 11.0 Å². The van der Waals surface area contributed by atoms with Crippen molar-refractivity contribution in [1.29, 1.82) is 0 Å². The van der Waals surface area contributed by atoms with E-state index in [0.717, 1.165) is 0 Å². The highest BCUT2D eigenvalue weighted by atomic mass is 32.2. The van der Waals surface area contributed by atoms with Gasteiger partial charge in [0, 0.05) is 5.69 Å². The van der Waals surface area contributed by atoms with Gasteiger partial charge in [-0.2, -0.15) is 13.2 Å². The fourth-order valence-corrected chi connectivity index (χ4v) is 2.45. The van der Waals surface area contributed by atoms with E-state index in [2.05, 4.69) is 9.97 Å². The highest BCUT2D eigenvalue weighted by Gasteiger charge is 2.28. The van der Waals surface area contributed by atoms with Gasteiger partial charge in [-0.25, -0.2) is 4.98 Å². The Bertz CT molecular complexity index is 698. The van der Waals surface area contributed by atoms with Crippen LogP contribution in [0.4, 0.5) is 18.9 Å². The van der Waals surface area contributed by atoms with Crippen LogP contribution < -0.4 is 11.1 Å². The molecule has 0 aliphatic carbocycles. The van der Waals surface area contributed by atoms with Gasteiger partial charge in [0.25, 0.3) is 0 Å². The van der Waals surface area contributed by atoms with E-state index in [-0.39, 0.29) is 5.16 Å². The first-order chi connectivity index (χ1) is 9.74. The number of halogens is 3. The van der Waals surface area contributed by atoms with Crippen LogP contribution >= 0.6 is 0 Å². The Morgan fingerprint density at radius 3 is 2.81 bits per heavy atom. The molecule has 2 aromatic rings. The number of hydrogen-bond donors (Lipinski definition) is 3. The lowest BCUT2D eigenvalue weighted by atomic mass is 10.3. The van der Waals surface area contributed by atoms with E-state index in [9.17, 15) is 22.2 Å². The number of nitrogen functional groups attached to an aromatic ring is 1. The van der Waals surface area contributed by atoms with Gasteiger partial charge in [0.1, 0.15) is 12.3 Å². The fraction of sp³-hybridized carbons (Fsp3) is 0.273. The molecule has 1 unspecified atom stereocenters. The first-order valence-electron chi connectivity index (χ1n) is 5.72. The summed E-state index contributed by atoms with van der Waals surface area (Å²) >= 11 is 0. The lowest BCUT2D eigenvalue weighted by Crippen LogP contribution is -2.36. The summed E-state index contributed by atoms with van der Waals surface area (Å²) in [6.45, 7) is -1.46. The highest BCUT2D eigenvalue weighted by Crippen LogP contribution is 2.16. The molecule has 1 atom stereocenters. The zero-order valence-electron chi connectivity index (χ0n) is 10.5. The van der Waals surface area contributed by atoms with Crippen molar-refractivity contribution in [3.63, 3.8) is 0 Å². The predicted octanol–water partition coefficient (Wildman–Crippen LogP) is 0.931. The summed E-state index contributed by atoms with van der Waals surface area (Å²) < 4.78 is 47.7. The predicted molar refractivity (Wildman–Crippen MR) is 70.8 cm³/mol. The molecule has 0 aliphatic heterocycles. The number of benzene rings is 1. The van der Waals surface area contributed by atoms with Crippen LogP contribution in [0.1, 0.15) is 0 Å². The van der Waals surface area contributed by atoms with E-state index in [1.165, 1.54) is 0 Å². The second-order valence-electron chi connectivity index (χ2n) is 4.20. The topological polar surface area (TPSA) is 101 Å². The lowest BCUT2D eigenvalue weighted by Gasteiger charge is -2.07. The molecule has 1 amide bonds. The minimum atomic E-state index is -4.51. The molecule has 0 bridgehead atoms. The smallest absolute Gasteiger partial charge is 0.399 e. The Balaban J connectivity index is 2.03. The number of aromatic amines is 1. The molecule has 1 aromatic heterocycles. The number of carbonyl (C=O) groups excluding carboxylic acids is 1. The molecule has 0 radical (unpaired) electrons. The SMILES string of the molecule is Nc1ccc2nc(S(=O)CC(=O)NCC(F)(F)F)[nH]c2c1. The van der Waals surface area contributed by atoms with E-state index >= 15 is 0 Å². The van der Waals surface area contributed by atoms with Gasteiger partial charge >= 0.3 is 6.18 Å². The molecule has 1 aromatic carbocycles. The average Bonchev–Trinajstić information content (AvgIpc) is 2.78. The van der Waals surface area contributed by atoms with Gasteiger partial charge in [-0.1, -0.05) is 0 Å². The molecular weight excluding hydrogens is 309 g/mol. The van der Waals surface area contributed by atoms with Gasteiger partial charge < -0.3 is 16.0 Å². The quantitative estimate of drug-likeness (QED) is 0.730. The molecule has 1 heterocycles. The van der Waals surface area contributed by atoms with Crippen molar-refractivity contribution in [3.8, 4) is 0 Å². The van der Waals surface area contributed by atoms with Crippen molar-refractivity contribution in [3.05, 3.63) is 18.2 Å². The summed E-state index contributed by atoms with van der Waals surface area (Å²) in [6, 6.07) is 4.78. The molecule has 4 N–H and O–H groups in total. The largest absolute Gasteiger partial charge is 0.405 e. The van der Waals surface area contributed by atoms with Gasteiger partial charge in [0.2, 0.25) is 5.91 Å². The Morgan fingerprint density at radius 2 is 2.14 bits per heavy atom. The molecular formula is C11H11F3N4O2S. The van der Waals surface area contributed by atoms with Crippen LogP contribution in [0.3, 0.4) is 0 Å². The molecule has 0 saturated carbocycles. The number of hydrogen-bond acceptors (Lipinski definition) is 4. The summed E-state index contributed by atoms with van der Waals surface area (Å²) in [7, 11) is -1.87. The molecule has 2 rings (SSSR count). The maximum Gasteiger partial charge on any atom is 0.405 e. The Hall–Kier alpha value is -2.10. The summed E-state index contributed by atoms with van der Waals surface area (Å²) in [6.07, 6.45) is -4.51. The van der Waals surface area contributed by atoms with Crippen molar-refractivity contribution in [2.75, 3.05) is 18.0 Å². The van der Waals surface area contributed by atoms with Crippen molar-refractivity contribution in [1.82, 2.24) is 15.3 Å². The number of H-pyrrole nitrogens is 1. The van der Waals surface area contributed by atoms with E-state index in [1.807, 2.05) is 0 Å². The third-order valence-electron chi connectivity index (χ3n) is 2.45. The van der Waals surface area contributed by atoms with Crippen LogP contribution in [0.5, 0.6) is 0 Å². The number of aromatic nitrogens is 2. The maximum absolute atomic E-state index is 11.9. The third-order valence-corrected chi connectivity index (χ3v) is 3.60. The van der Waals surface area contributed by atoms with E-state index < -0.39 is 35.2 Å². The molecule has 6 nitrogen and oxygen atoms in total. The van der Waals surface area contributed by atoms with Crippen molar-refractivity contribution in [2.24, 2.45) is 0 Å². The Labute approximate surface area is 119 Å². The number of anilines is 1. The second kappa shape index (κ2) is 5.72. The number of nitrogens with one attached hydrogen (secondary N) is 2. The van der Waals surface area contributed by atoms with E-state index in [4.69, 9.17) is 5.73 Å². The monoisotopic (exact) mass is 320 g/mol. The van der Waals surface area contributed by atoms with Gasteiger partial charge in [0.05, 0.1) is 21.8 Å². The molecule has 0 spiro atoms. The molecule has 10 heteroatoms. The molecule has 0 saturated heterocycles. The minimum absolute atomic E-state index is 0.0118. The average molecular weight is 320 g/mol. The van der Waals surface area contributed by atoms with Crippen LogP contribution in [0.2, 0.25) is 0 Å². The van der Waals surface area contributed by atoms with Gasteiger partial charge in [0.15, 0.2) is 5.16 Å². The van der Waals surface area contributed by atoms with E-state index in [0.29, 0.717) is 16.7 Å². The normalized spacial score (nSPS) is 13.3. The Kier molecular flexibility index (Phi) is 4.16. The standard InChI is InChI=1S/C11H11F3N4O2S/c12-11(13,14)5-16-9(19)4-21(20)10-17-7-2-1-6(15)3-8(7)18-10/h1-3H,4-5,15H2,(H,16,19)(H,17,18). The maximum atomic E-state index is 11.9. The summed E-state index contributed by atoms with van der Waals surface area (Å²) in [4.78, 5) is 18.0. The Morgan fingerprint density at radius 1 is 1.43 bits per heavy atom. The number of alkyl halides is 3. The third kappa shape index (κ3) is 4.18. The molecule has 21 heavy (non-hydrogen) atoms. The van der Waals surface area contributed by atoms with Gasteiger partial charge in [-0.3, -0.25) is 9.00 Å². The van der Waals surface area contributed by atoms with Crippen molar-refractivity contribution < 1.29 is 22.2 Å². The lowest BCUT2D eigenvalue weighted by molar-refractivity contribution is -0.136. The van der Waals surface area contributed by atoms with E-state index in [1.54, 1.807) is 23.5 Å². The first kappa shape index (κ1) is 15.3. The summed E-state index contributed by atoms with van der Waals surface area (Å²) in [5.74, 6) is -1.57. The number of rotatable bonds is 4. The van der Waals surface area contributed by atoms with Crippen LogP contribution in [-0.4, -0.2) is 38.6 Å². The zero-order valence-corrected chi connectivity index (χ0v) is 11.3. The molecule has 0 aliphatic rings. The van der Waals surface area contributed by atoms with Crippen LogP contribution in [0.15, 0.2) is 23.4 Å². The van der Waals surface area contributed by atoms with Crippen LogP contribution in [0, 0.1) is 0 Å².